The van der Waals surface area contributed by atoms with E-state index >= 15 is 0 Å². The van der Waals surface area contributed by atoms with Crippen LogP contribution in [0.25, 0.3) is 0 Å². The van der Waals surface area contributed by atoms with E-state index in [1.165, 1.54) is 0 Å². The summed E-state index contributed by atoms with van der Waals surface area (Å²) in [6.45, 7) is 3.99. The minimum absolute atomic E-state index is 0.102. The highest BCUT2D eigenvalue weighted by Crippen LogP contribution is 2.18. The molecule has 1 aromatic heterocycles. The van der Waals surface area contributed by atoms with Gasteiger partial charge < -0.3 is 5.73 Å². The Morgan fingerprint density at radius 1 is 1.83 bits per heavy atom. The van der Waals surface area contributed by atoms with Gasteiger partial charge in [-0.25, -0.2) is 4.98 Å². The predicted octanol–water partition coefficient (Wildman–Crippen LogP) is 1.97. The zero-order valence-corrected chi connectivity index (χ0v) is 8.14. The Morgan fingerprint density at radius 2 is 2.58 bits per heavy atom. The van der Waals surface area contributed by atoms with Crippen LogP contribution in [0.15, 0.2) is 16.6 Å². The summed E-state index contributed by atoms with van der Waals surface area (Å²) in [7, 11) is 0. The molecule has 1 aromatic rings. The van der Waals surface area contributed by atoms with Crippen LogP contribution >= 0.6 is 11.3 Å². The lowest BCUT2D eigenvalue weighted by molar-refractivity contribution is 0.802. The molecule has 12 heavy (non-hydrogen) atoms. The van der Waals surface area contributed by atoms with Crippen molar-refractivity contribution in [3.63, 3.8) is 0 Å². The van der Waals surface area contributed by atoms with Gasteiger partial charge in [0.05, 0.1) is 5.84 Å². The van der Waals surface area contributed by atoms with Gasteiger partial charge in [-0.3, -0.25) is 4.99 Å². The van der Waals surface area contributed by atoms with Crippen LogP contribution in [0, 0.1) is 0 Å². The molecule has 0 fully saturated rings. The lowest BCUT2D eigenvalue weighted by Crippen LogP contribution is -2.11. The number of hydrogen-bond acceptors (Lipinski definition) is 3. The first-order valence-corrected chi connectivity index (χ1v) is 4.83. The largest absolute Gasteiger partial charge is 0.387 e. The van der Waals surface area contributed by atoms with Gasteiger partial charge in [0.2, 0.25) is 0 Å². The molecule has 0 aliphatic rings. The standard InChI is InChI=1S/C8H13N3S/c1-3-7(9)11-6(2)8-10-4-5-12-8/h4-6H,3H2,1-2H3,(H2,9,11). The summed E-state index contributed by atoms with van der Waals surface area (Å²) in [4.78, 5) is 8.44. The maximum atomic E-state index is 5.61. The van der Waals surface area contributed by atoms with Gasteiger partial charge in [0.15, 0.2) is 0 Å². The van der Waals surface area contributed by atoms with Gasteiger partial charge in [-0.1, -0.05) is 6.92 Å². The fourth-order valence-electron chi connectivity index (χ4n) is 0.836. The number of aromatic nitrogens is 1. The van der Waals surface area contributed by atoms with Crippen molar-refractivity contribution in [2.45, 2.75) is 26.3 Å². The molecule has 0 bridgehead atoms. The summed E-state index contributed by atoms with van der Waals surface area (Å²) in [5, 5.41) is 2.97. The van der Waals surface area contributed by atoms with E-state index in [0.29, 0.717) is 5.84 Å². The van der Waals surface area contributed by atoms with Crippen LogP contribution in [0.4, 0.5) is 0 Å². The SMILES string of the molecule is CCC(N)=NC(C)c1nccs1. The van der Waals surface area contributed by atoms with E-state index in [1.54, 1.807) is 17.5 Å². The maximum Gasteiger partial charge on any atom is 0.117 e. The molecule has 0 aliphatic carbocycles. The Hall–Kier alpha value is -0.900. The predicted molar refractivity (Wildman–Crippen MR) is 52.4 cm³/mol. The molecular weight excluding hydrogens is 170 g/mol. The number of thiazole rings is 1. The van der Waals surface area contributed by atoms with Crippen molar-refractivity contribution in [1.82, 2.24) is 4.98 Å². The van der Waals surface area contributed by atoms with E-state index in [1.807, 2.05) is 19.2 Å². The van der Waals surface area contributed by atoms with Gasteiger partial charge in [0, 0.05) is 18.0 Å². The zero-order valence-electron chi connectivity index (χ0n) is 7.32. The summed E-state index contributed by atoms with van der Waals surface area (Å²) < 4.78 is 0. The monoisotopic (exact) mass is 183 g/mol. The van der Waals surface area contributed by atoms with Gasteiger partial charge in [0.25, 0.3) is 0 Å². The van der Waals surface area contributed by atoms with Gasteiger partial charge in [-0.05, 0) is 6.92 Å². The molecule has 4 heteroatoms. The molecule has 1 rings (SSSR count). The number of nitrogens with two attached hydrogens (primary N) is 1. The third kappa shape index (κ3) is 2.30. The molecule has 66 valence electrons. The van der Waals surface area contributed by atoms with Crippen LogP contribution in [-0.4, -0.2) is 10.8 Å². The molecule has 2 N–H and O–H groups in total. The smallest absolute Gasteiger partial charge is 0.117 e. The van der Waals surface area contributed by atoms with Crippen molar-refractivity contribution in [3.05, 3.63) is 16.6 Å². The topological polar surface area (TPSA) is 51.3 Å². The molecule has 1 heterocycles. The molecule has 0 spiro atoms. The molecule has 0 aromatic carbocycles. The minimum Gasteiger partial charge on any atom is -0.387 e. The van der Waals surface area contributed by atoms with Crippen molar-refractivity contribution < 1.29 is 0 Å². The van der Waals surface area contributed by atoms with E-state index in [9.17, 15) is 0 Å². The van der Waals surface area contributed by atoms with E-state index < -0.39 is 0 Å². The van der Waals surface area contributed by atoms with Crippen LogP contribution in [-0.2, 0) is 0 Å². The summed E-state index contributed by atoms with van der Waals surface area (Å²) in [6.07, 6.45) is 2.59. The van der Waals surface area contributed by atoms with E-state index in [4.69, 9.17) is 5.73 Å². The highest BCUT2D eigenvalue weighted by atomic mass is 32.1. The maximum absolute atomic E-state index is 5.61. The summed E-state index contributed by atoms with van der Waals surface area (Å²) in [6, 6.07) is 0.102. The second kappa shape index (κ2) is 4.21. The van der Waals surface area contributed by atoms with Gasteiger partial charge in [-0.15, -0.1) is 11.3 Å². The van der Waals surface area contributed by atoms with Crippen molar-refractivity contribution >= 4 is 17.2 Å². The average molecular weight is 183 g/mol. The van der Waals surface area contributed by atoms with Gasteiger partial charge in [0.1, 0.15) is 11.0 Å². The first kappa shape index (κ1) is 9.19. The molecule has 1 unspecified atom stereocenters. The van der Waals surface area contributed by atoms with Crippen molar-refractivity contribution in [1.29, 1.82) is 0 Å². The zero-order chi connectivity index (χ0) is 8.97. The third-order valence-corrected chi connectivity index (χ3v) is 2.48. The molecule has 3 nitrogen and oxygen atoms in total. The van der Waals surface area contributed by atoms with Crippen LogP contribution in [0.2, 0.25) is 0 Å². The van der Waals surface area contributed by atoms with Crippen LogP contribution in [0.5, 0.6) is 0 Å². The van der Waals surface area contributed by atoms with Crippen molar-refractivity contribution in [2.24, 2.45) is 10.7 Å². The van der Waals surface area contributed by atoms with Crippen molar-refractivity contribution in [3.8, 4) is 0 Å². The molecule has 0 saturated heterocycles. The van der Waals surface area contributed by atoms with E-state index in [0.717, 1.165) is 11.4 Å². The quantitative estimate of drug-likeness (QED) is 0.575. The lowest BCUT2D eigenvalue weighted by atomic mass is 10.3. The molecule has 0 radical (unpaired) electrons. The number of hydrogen-bond donors (Lipinski definition) is 1. The molecule has 1 atom stereocenters. The number of nitrogens with zero attached hydrogens (tertiary/aromatic N) is 2. The van der Waals surface area contributed by atoms with Crippen LogP contribution < -0.4 is 5.73 Å². The first-order chi connectivity index (χ1) is 5.74. The number of rotatable bonds is 3. The molecular formula is C8H13N3S. The average Bonchev–Trinajstić information content (AvgIpc) is 2.56. The molecule has 0 saturated carbocycles. The number of amidine groups is 1. The first-order valence-electron chi connectivity index (χ1n) is 3.95. The van der Waals surface area contributed by atoms with Crippen LogP contribution in [0.1, 0.15) is 31.3 Å². The fourth-order valence-corrected chi connectivity index (χ4v) is 1.47. The van der Waals surface area contributed by atoms with Gasteiger partial charge in [-0.2, -0.15) is 0 Å². The lowest BCUT2D eigenvalue weighted by Gasteiger charge is -2.02. The Kier molecular flexibility index (Phi) is 3.22. The highest BCUT2D eigenvalue weighted by Gasteiger charge is 2.05. The minimum atomic E-state index is 0.102. The summed E-state index contributed by atoms with van der Waals surface area (Å²) >= 11 is 1.61. The Labute approximate surface area is 76.4 Å². The van der Waals surface area contributed by atoms with Gasteiger partial charge >= 0.3 is 0 Å². The fraction of sp³-hybridized carbons (Fsp3) is 0.500. The Bertz CT molecular complexity index is 253. The molecule has 0 amide bonds. The Morgan fingerprint density at radius 3 is 3.08 bits per heavy atom. The second-order valence-corrected chi connectivity index (χ2v) is 3.45. The van der Waals surface area contributed by atoms with E-state index in [-0.39, 0.29) is 6.04 Å². The van der Waals surface area contributed by atoms with Crippen molar-refractivity contribution in [2.75, 3.05) is 0 Å². The Balaban J connectivity index is 2.66. The van der Waals surface area contributed by atoms with E-state index in [2.05, 4.69) is 9.98 Å². The normalized spacial score (nSPS) is 14.7. The van der Waals surface area contributed by atoms with Crippen LogP contribution in [0.3, 0.4) is 0 Å². The summed E-state index contributed by atoms with van der Waals surface area (Å²) in [5.41, 5.74) is 5.61. The second-order valence-electron chi connectivity index (χ2n) is 2.52. The highest BCUT2D eigenvalue weighted by molar-refractivity contribution is 7.09. The third-order valence-electron chi connectivity index (χ3n) is 1.53. The molecule has 0 aliphatic heterocycles. The number of aliphatic imine (C=N–C) groups is 1. The summed E-state index contributed by atoms with van der Waals surface area (Å²) in [5.74, 6) is 0.692.